The number of hydrogen-bond acceptors (Lipinski definition) is 3. The topological polar surface area (TPSA) is 49.3 Å². The molecule has 102 valence electrons. The molecule has 0 aliphatic carbocycles. The second kappa shape index (κ2) is 8.08. The zero-order valence-electron chi connectivity index (χ0n) is 11.8. The quantitative estimate of drug-likeness (QED) is 0.474. The Morgan fingerprint density at radius 3 is 2.61 bits per heavy atom. The Labute approximate surface area is 114 Å². The number of aryl methyl sites for hydroxylation is 2. The van der Waals surface area contributed by atoms with Crippen LogP contribution in [0.1, 0.15) is 42.3 Å². The van der Waals surface area contributed by atoms with Crippen LogP contribution in [0.3, 0.4) is 0 Å². The van der Waals surface area contributed by atoms with Crippen LogP contribution >= 0.6 is 11.3 Å². The highest BCUT2D eigenvalue weighted by Crippen LogP contribution is 2.16. The third kappa shape index (κ3) is 5.04. The summed E-state index contributed by atoms with van der Waals surface area (Å²) in [5.41, 5.74) is 1.12. The molecule has 0 saturated carbocycles. The molecule has 0 saturated heterocycles. The Kier molecular flexibility index (Phi) is 6.72. The highest BCUT2D eigenvalue weighted by molar-refractivity contribution is 7.11. The zero-order chi connectivity index (χ0) is 13.4. The van der Waals surface area contributed by atoms with E-state index in [0.717, 1.165) is 29.8 Å². The maximum absolute atomic E-state index is 4.55. The minimum atomic E-state index is 0.654. The maximum atomic E-state index is 4.55. The zero-order valence-corrected chi connectivity index (χ0v) is 12.7. The van der Waals surface area contributed by atoms with Crippen LogP contribution in [-0.2, 0) is 6.54 Å². The molecule has 0 fully saturated rings. The van der Waals surface area contributed by atoms with E-state index in [4.69, 9.17) is 0 Å². The highest BCUT2D eigenvalue weighted by atomic mass is 32.1. The minimum absolute atomic E-state index is 0.654. The standard InChI is InChI=1S/C13H24N4S/c1-5-7-8-15-13(14-6-2)16-9-12-17-10(3)11(4)18-12/h5-9H2,1-4H3,(H2,14,15,16). The van der Waals surface area contributed by atoms with Crippen LogP contribution in [0.5, 0.6) is 0 Å². The van der Waals surface area contributed by atoms with E-state index < -0.39 is 0 Å². The van der Waals surface area contributed by atoms with Gasteiger partial charge < -0.3 is 10.6 Å². The molecule has 0 atom stereocenters. The first kappa shape index (κ1) is 15.0. The van der Waals surface area contributed by atoms with Crippen LogP contribution in [0.15, 0.2) is 4.99 Å². The van der Waals surface area contributed by atoms with Crippen LogP contribution in [0, 0.1) is 13.8 Å². The van der Waals surface area contributed by atoms with Crippen molar-refractivity contribution in [3.8, 4) is 0 Å². The van der Waals surface area contributed by atoms with Crippen molar-refractivity contribution >= 4 is 17.3 Å². The molecule has 0 amide bonds. The largest absolute Gasteiger partial charge is 0.357 e. The lowest BCUT2D eigenvalue weighted by Crippen LogP contribution is -2.37. The Bertz CT molecular complexity index is 365. The summed E-state index contributed by atoms with van der Waals surface area (Å²) >= 11 is 1.73. The first-order valence-corrected chi connectivity index (χ1v) is 7.44. The van der Waals surface area contributed by atoms with Crippen LogP contribution < -0.4 is 10.6 Å². The predicted octanol–water partition coefficient (Wildman–Crippen LogP) is 2.62. The third-order valence-electron chi connectivity index (χ3n) is 2.61. The summed E-state index contributed by atoms with van der Waals surface area (Å²) in [4.78, 5) is 10.3. The lowest BCUT2D eigenvalue weighted by Gasteiger charge is -2.10. The molecule has 0 unspecified atom stereocenters. The third-order valence-corrected chi connectivity index (χ3v) is 3.67. The van der Waals surface area contributed by atoms with E-state index in [1.165, 1.54) is 17.7 Å². The number of unbranched alkanes of at least 4 members (excludes halogenated alkanes) is 1. The molecule has 4 nitrogen and oxygen atoms in total. The van der Waals surface area contributed by atoms with Gasteiger partial charge >= 0.3 is 0 Å². The van der Waals surface area contributed by atoms with Crippen molar-refractivity contribution in [2.75, 3.05) is 13.1 Å². The molecular formula is C13H24N4S. The highest BCUT2D eigenvalue weighted by Gasteiger charge is 2.03. The van der Waals surface area contributed by atoms with Gasteiger partial charge in [-0.05, 0) is 27.2 Å². The molecule has 1 rings (SSSR count). The minimum Gasteiger partial charge on any atom is -0.357 e. The number of nitrogens with one attached hydrogen (secondary N) is 2. The Morgan fingerprint density at radius 2 is 2.06 bits per heavy atom. The summed E-state index contributed by atoms with van der Waals surface area (Å²) in [5.74, 6) is 0.886. The van der Waals surface area contributed by atoms with Crippen molar-refractivity contribution < 1.29 is 0 Å². The monoisotopic (exact) mass is 268 g/mol. The molecule has 1 heterocycles. The number of rotatable bonds is 6. The molecule has 0 spiro atoms. The van der Waals surface area contributed by atoms with E-state index in [1.54, 1.807) is 11.3 Å². The number of nitrogens with zero attached hydrogens (tertiary/aromatic N) is 2. The molecule has 2 N–H and O–H groups in total. The van der Waals surface area contributed by atoms with Gasteiger partial charge in [0.15, 0.2) is 5.96 Å². The van der Waals surface area contributed by atoms with E-state index in [9.17, 15) is 0 Å². The fraction of sp³-hybridized carbons (Fsp3) is 0.692. The number of aliphatic imine (C=N–C) groups is 1. The second-order valence-corrected chi connectivity index (χ2v) is 5.51. The molecule has 0 aromatic carbocycles. The van der Waals surface area contributed by atoms with E-state index in [1.807, 2.05) is 6.92 Å². The first-order chi connectivity index (χ1) is 8.67. The average Bonchev–Trinajstić information content (AvgIpc) is 2.66. The predicted molar refractivity (Wildman–Crippen MR) is 79.3 cm³/mol. The van der Waals surface area contributed by atoms with Gasteiger partial charge in [0.25, 0.3) is 0 Å². The van der Waals surface area contributed by atoms with Gasteiger partial charge in [0.2, 0.25) is 0 Å². The second-order valence-electron chi connectivity index (χ2n) is 4.22. The molecule has 18 heavy (non-hydrogen) atoms. The molecule has 0 aliphatic rings. The van der Waals surface area contributed by atoms with Gasteiger partial charge in [0.1, 0.15) is 5.01 Å². The fourth-order valence-corrected chi connectivity index (χ4v) is 2.34. The summed E-state index contributed by atoms with van der Waals surface area (Å²) in [6.07, 6.45) is 2.36. The normalized spacial score (nSPS) is 11.7. The molecule has 1 aromatic heterocycles. The summed E-state index contributed by atoms with van der Waals surface area (Å²) in [7, 11) is 0. The first-order valence-electron chi connectivity index (χ1n) is 6.62. The molecular weight excluding hydrogens is 244 g/mol. The number of thiazole rings is 1. The van der Waals surface area contributed by atoms with E-state index >= 15 is 0 Å². The van der Waals surface area contributed by atoms with Gasteiger partial charge in [-0.1, -0.05) is 13.3 Å². The van der Waals surface area contributed by atoms with Gasteiger partial charge in [-0.2, -0.15) is 0 Å². The summed E-state index contributed by atoms with van der Waals surface area (Å²) < 4.78 is 0. The van der Waals surface area contributed by atoms with Crippen molar-refractivity contribution in [2.24, 2.45) is 4.99 Å². The van der Waals surface area contributed by atoms with Crippen molar-refractivity contribution in [1.29, 1.82) is 0 Å². The number of aromatic nitrogens is 1. The SMILES string of the molecule is CCCCNC(=NCc1nc(C)c(C)s1)NCC. The fourth-order valence-electron chi connectivity index (χ4n) is 1.48. The van der Waals surface area contributed by atoms with Gasteiger partial charge in [-0.3, -0.25) is 0 Å². The van der Waals surface area contributed by atoms with E-state index in [-0.39, 0.29) is 0 Å². The van der Waals surface area contributed by atoms with Crippen LogP contribution in [0.25, 0.3) is 0 Å². The summed E-state index contributed by atoms with van der Waals surface area (Å²) in [5, 5.41) is 7.66. The van der Waals surface area contributed by atoms with Gasteiger partial charge in [-0.15, -0.1) is 11.3 Å². The Hall–Kier alpha value is -1.10. The van der Waals surface area contributed by atoms with Crippen LogP contribution in [-0.4, -0.2) is 24.0 Å². The van der Waals surface area contributed by atoms with Crippen molar-refractivity contribution in [3.05, 3.63) is 15.6 Å². The van der Waals surface area contributed by atoms with E-state index in [0.29, 0.717) is 6.54 Å². The molecule has 5 heteroatoms. The van der Waals surface area contributed by atoms with Crippen molar-refractivity contribution in [1.82, 2.24) is 15.6 Å². The van der Waals surface area contributed by atoms with Crippen LogP contribution in [0.4, 0.5) is 0 Å². The van der Waals surface area contributed by atoms with Crippen molar-refractivity contribution in [2.45, 2.75) is 47.1 Å². The van der Waals surface area contributed by atoms with E-state index in [2.05, 4.69) is 41.4 Å². The Morgan fingerprint density at radius 1 is 1.28 bits per heavy atom. The van der Waals surface area contributed by atoms with Crippen molar-refractivity contribution in [3.63, 3.8) is 0 Å². The number of hydrogen-bond donors (Lipinski definition) is 2. The van der Waals surface area contributed by atoms with Gasteiger partial charge in [0, 0.05) is 18.0 Å². The summed E-state index contributed by atoms with van der Waals surface area (Å²) in [6, 6.07) is 0. The smallest absolute Gasteiger partial charge is 0.191 e. The molecule has 0 bridgehead atoms. The summed E-state index contributed by atoms with van der Waals surface area (Å²) in [6.45, 7) is 10.9. The lowest BCUT2D eigenvalue weighted by molar-refractivity contribution is 0.730. The Balaban J connectivity index is 2.53. The average molecular weight is 268 g/mol. The lowest BCUT2D eigenvalue weighted by atomic mass is 10.3. The van der Waals surface area contributed by atoms with Gasteiger partial charge in [0.05, 0.1) is 12.2 Å². The van der Waals surface area contributed by atoms with Gasteiger partial charge in [-0.25, -0.2) is 9.98 Å². The maximum Gasteiger partial charge on any atom is 0.191 e. The molecule has 0 radical (unpaired) electrons. The molecule has 1 aromatic rings. The molecule has 0 aliphatic heterocycles. The van der Waals surface area contributed by atoms with Crippen LogP contribution in [0.2, 0.25) is 0 Å². The number of guanidine groups is 1.